The molecule has 0 radical (unpaired) electrons. The first-order valence-electron chi connectivity index (χ1n) is 8.18. The molecule has 0 bridgehead atoms. The van der Waals surface area contributed by atoms with Gasteiger partial charge < -0.3 is 10.1 Å². The van der Waals surface area contributed by atoms with Crippen molar-refractivity contribution in [3.63, 3.8) is 0 Å². The Balaban J connectivity index is 2.33. The number of hydrogen-bond acceptors (Lipinski definition) is 4. The predicted molar refractivity (Wildman–Crippen MR) is 97.3 cm³/mol. The summed E-state index contributed by atoms with van der Waals surface area (Å²) < 4.78 is 31.3. The molecule has 2 rings (SSSR count). The lowest BCUT2D eigenvalue weighted by molar-refractivity contribution is -0.121. The van der Waals surface area contributed by atoms with E-state index in [-0.39, 0.29) is 17.3 Å². The van der Waals surface area contributed by atoms with Gasteiger partial charge in [0.2, 0.25) is 5.91 Å². The smallest absolute Gasteiger partial charge is 0.220 e. The molecule has 0 fully saturated rings. The third-order valence-electron chi connectivity index (χ3n) is 3.90. The molecule has 2 aromatic carbocycles. The number of ether oxygens (including phenoxy) is 1. The van der Waals surface area contributed by atoms with Crippen LogP contribution in [0.2, 0.25) is 0 Å². The van der Waals surface area contributed by atoms with Crippen LogP contribution in [0.25, 0.3) is 0 Å². The van der Waals surface area contributed by atoms with Crippen LogP contribution < -0.4 is 10.1 Å². The van der Waals surface area contributed by atoms with Crippen LogP contribution in [-0.4, -0.2) is 28.0 Å². The zero-order chi connectivity index (χ0) is 18.3. The highest BCUT2D eigenvalue weighted by molar-refractivity contribution is 7.91. The monoisotopic (exact) mass is 361 g/mol. The van der Waals surface area contributed by atoms with E-state index in [4.69, 9.17) is 4.74 Å². The molecule has 1 amide bonds. The van der Waals surface area contributed by atoms with Gasteiger partial charge in [0.05, 0.1) is 12.0 Å². The molecular weight excluding hydrogens is 338 g/mol. The van der Waals surface area contributed by atoms with Crippen molar-refractivity contribution in [1.29, 1.82) is 0 Å². The van der Waals surface area contributed by atoms with Crippen molar-refractivity contribution in [3.8, 4) is 5.75 Å². The number of sulfone groups is 1. The summed E-state index contributed by atoms with van der Waals surface area (Å²) in [6.45, 7) is 1.94. The van der Waals surface area contributed by atoms with Crippen LogP contribution in [0, 0.1) is 0 Å². The first kappa shape index (κ1) is 19.0. The molecule has 1 unspecified atom stereocenters. The molecular formula is C19H23NO4S. The van der Waals surface area contributed by atoms with Crippen LogP contribution in [0.4, 0.5) is 0 Å². The molecule has 1 N–H and O–H groups in total. The minimum Gasteiger partial charge on any atom is -0.497 e. The number of methoxy groups -OCH3 is 1. The number of hydrogen-bond donors (Lipinski definition) is 1. The maximum absolute atomic E-state index is 13.1. The van der Waals surface area contributed by atoms with E-state index in [0.717, 1.165) is 0 Å². The van der Waals surface area contributed by atoms with Gasteiger partial charge in [-0.15, -0.1) is 0 Å². The summed E-state index contributed by atoms with van der Waals surface area (Å²) in [6, 6.07) is 15.2. The number of carbonyl (C=O) groups excluding carboxylic acids is 1. The first-order chi connectivity index (χ1) is 12.0. The molecule has 0 spiro atoms. The number of rotatable bonds is 8. The van der Waals surface area contributed by atoms with Crippen LogP contribution in [0.3, 0.4) is 0 Å². The number of amides is 1. The van der Waals surface area contributed by atoms with Gasteiger partial charge in [-0.25, -0.2) is 8.42 Å². The molecule has 1 atom stereocenters. The van der Waals surface area contributed by atoms with Gasteiger partial charge in [0.25, 0.3) is 0 Å². The minimum absolute atomic E-state index is 0.0389. The molecule has 2 aromatic rings. The fraction of sp³-hybridized carbons (Fsp3) is 0.316. The Kier molecular flexibility index (Phi) is 6.58. The van der Waals surface area contributed by atoms with E-state index in [1.807, 2.05) is 13.0 Å². The van der Waals surface area contributed by atoms with Gasteiger partial charge in [-0.1, -0.05) is 37.3 Å². The van der Waals surface area contributed by atoms with Gasteiger partial charge in [-0.2, -0.15) is 0 Å². The topological polar surface area (TPSA) is 72.5 Å². The van der Waals surface area contributed by atoms with Gasteiger partial charge in [0, 0.05) is 13.0 Å². The van der Waals surface area contributed by atoms with Gasteiger partial charge in [0.15, 0.2) is 9.84 Å². The van der Waals surface area contributed by atoms with Gasteiger partial charge >= 0.3 is 0 Å². The maximum atomic E-state index is 13.1. The summed E-state index contributed by atoms with van der Waals surface area (Å²) in [5.41, 5.74) is 0.648. The zero-order valence-corrected chi connectivity index (χ0v) is 15.3. The van der Waals surface area contributed by atoms with E-state index in [2.05, 4.69) is 5.32 Å². The Morgan fingerprint density at radius 1 is 1.08 bits per heavy atom. The Bertz CT molecular complexity index is 786. The van der Waals surface area contributed by atoms with Crippen molar-refractivity contribution in [2.75, 3.05) is 13.7 Å². The summed E-state index contributed by atoms with van der Waals surface area (Å²) in [5, 5.41) is 1.89. The van der Waals surface area contributed by atoms with Crippen LogP contribution >= 0.6 is 0 Å². The van der Waals surface area contributed by atoms with Gasteiger partial charge in [0.1, 0.15) is 11.0 Å². The summed E-state index contributed by atoms with van der Waals surface area (Å²) in [4.78, 5) is 12.0. The zero-order valence-electron chi connectivity index (χ0n) is 14.4. The molecule has 0 aliphatic rings. The molecule has 5 nitrogen and oxygen atoms in total. The maximum Gasteiger partial charge on any atom is 0.220 e. The van der Waals surface area contributed by atoms with Crippen molar-refractivity contribution in [3.05, 3.63) is 60.2 Å². The lowest BCUT2D eigenvalue weighted by atomic mass is 10.1. The first-order valence-corrected chi connectivity index (χ1v) is 9.73. The lowest BCUT2D eigenvalue weighted by Crippen LogP contribution is -2.31. The van der Waals surface area contributed by atoms with E-state index in [1.165, 1.54) is 19.2 Å². The Morgan fingerprint density at radius 3 is 2.28 bits per heavy atom. The summed E-state index contributed by atoms with van der Waals surface area (Å²) in [7, 11) is -2.13. The van der Waals surface area contributed by atoms with E-state index < -0.39 is 15.1 Å². The highest BCUT2D eigenvalue weighted by Gasteiger charge is 2.29. The van der Waals surface area contributed by atoms with E-state index in [9.17, 15) is 13.2 Å². The molecule has 0 saturated heterocycles. The van der Waals surface area contributed by atoms with Crippen LogP contribution in [0.15, 0.2) is 59.5 Å². The molecule has 25 heavy (non-hydrogen) atoms. The lowest BCUT2D eigenvalue weighted by Gasteiger charge is -2.19. The molecule has 0 aliphatic carbocycles. The van der Waals surface area contributed by atoms with Crippen molar-refractivity contribution >= 4 is 15.7 Å². The van der Waals surface area contributed by atoms with Crippen molar-refractivity contribution in [2.24, 2.45) is 0 Å². The number of carbonyl (C=O) groups is 1. The average molecular weight is 361 g/mol. The molecule has 134 valence electrons. The molecule has 0 aliphatic heterocycles. The van der Waals surface area contributed by atoms with Crippen LogP contribution in [0.1, 0.15) is 30.6 Å². The largest absolute Gasteiger partial charge is 0.497 e. The highest BCUT2D eigenvalue weighted by atomic mass is 32.2. The SMILES string of the molecule is CCCC(=O)NCC(c1ccccc1)S(=O)(=O)c1ccc(OC)cc1. The average Bonchev–Trinajstić information content (AvgIpc) is 2.63. The van der Waals surface area contributed by atoms with E-state index in [1.54, 1.807) is 36.4 Å². The predicted octanol–water partition coefficient (Wildman–Crippen LogP) is 3.13. The minimum atomic E-state index is -3.66. The van der Waals surface area contributed by atoms with Crippen LogP contribution in [0.5, 0.6) is 5.75 Å². The van der Waals surface area contributed by atoms with Crippen molar-refractivity contribution in [1.82, 2.24) is 5.32 Å². The second kappa shape index (κ2) is 8.67. The standard InChI is InChI=1S/C19H23NO4S/c1-3-7-19(21)20-14-18(15-8-5-4-6-9-15)25(22,23)17-12-10-16(24-2)11-13-17/h4-6,8-13,18H,3,7,14H2,1-2H3,(H,20,21). The third kappa shape index (κ3) is 4.82. The number of benzene rings is 2. The summed E-state index contributed by atoms with van der Waals surface area (Å²) in [6.07, 6.45) is 1.09. The quantitative estimate of drug-likeness (QED) is 0.784. The fourth-order valence-corrected chi connectivity index (χ4v) is 4.19. The number of nitrogens with one attached hydrogen (secondary N) is 1. The van der Waals surface area contributed by atoms with E-state index >= 15 is 0 Å². The van der Waals surface area contributed by atoms with Gasteiger partial charge in [-0.3, -0.25) is 4.79 Å². The Morgan fingerprint density at radius 2 is 1.72 bits per heavy atom. The second-order valence-corrected chi connectivity index (χ2v) is 7.80. The molecule has 0 saturated carbocycles. The molecule has 6 heteroatoms. The summed E-state index contributed by atoms with van der Waals surface area (Å²) >= 11 is 0. The highest BCUT2D eigenvalue weighted by Crippen LogP contribution is 2.29. The Hall–Kier alpha value is -2.34. The Labute approximate surface area is 148 Å². The normalized spacial score (nSPS) is 12.4. The van der Waals surface area contributed by atoms with Crippen LogP contribution in [-0.2, 0) is 14.6 Å². The summed E-state index contributed by atoms with van der Waals surface area (Å²) in [5.74, 6) is 0.444. The van der Waals surface area contributed by atoms with E-state index in [0.29, 0.717) is 24.2 Å². The molecule has 0 heterocycles. The molecule has 0 aromatic heterocycles. The third-order valence-corrected chi connectivity index (χ3v) is 6.01. The fourth-order valence-electron chi connectivity index (χ4n) is 2.53. The van der Waals surface area contributed by atoms with Crippen molar-refractivity contribution in [2.45, 2.75) is 29.9 Å². The van der Waals surface area contributed by atoms with Crippen molar-refractivity contribution < 1.29 is 17.9 Å². The second-order valence-electron chi connectivity index (χ2n) is 5.67. The van der Waals surface area contributed by atoms with Gasteiger partial charge in [-0.05, 0) is 36.2 Å².